The monoisotopic (exact) mass is 426 g/mol. The minimum Gasteiger partial charge on any atom is -0.490 e. The lowest BCUT2D eigenvalue weighted by Crippen LogP contribution is -2.58. The van der Waals surface area contributed by atoms with Crippen LogP contribution in [0.1, 0.15) is 27.2 Å². The summed E-state index contributed by atoms with van der Waals surface area (Å²) in [6, 6.07) is 5.58. The van der Waals surface area contributed by atoms with Gasteiger partial charge in [-0.05, 0) is 23.6 Å². The Morgan fingerprint density at radius 3 is 2.81 bits per heavy atom. The van der Waals surface area contributed by atoms with Crippen LogP contribution < -0.4 is 10.1 Å². The van der Waals surface area contributed by atoms with Crippen LogP contribution in [0, 0.1) is 5.41 Å². The maximum atomic E-state index is 12.8. The largest absolute Gasteiger partial charge is 0.490 e. The van der Waals surface area contributed by atoms with Crippen LogP contribution in [0.2, 0.25) is 0 Å². The zero-order chi connectivity index (χ0) is 22.2. The summed E-state index contributed by atoms with van der Waals surface area (Å²) in [5.74, 6) is 1.38. The lowest BCUT2D eigenvalue weighted by atomic mass is 9.91. The number of carbonyl (C=O) groups excluding carboxylic acids is 2. The average molecular weight is 427 g/mol. The van der Waals surface area contributed by atoms with Gasteiger partial charge < -0.3 is 15.0 Å². The summed E-state index contributed by atoms with van der Waals surface area (Å²) in [6.07, 6.45) is 2.01. The molecule has 0 radical (unpaired) electrons. The van der Waals surface area contributed by atoms with Crippen molar-refractivity contribution >= 4 is 17.5 Å². The van der Waals surface area contributed by atoms with Gasteiger partial charge in [0.1, 0.15) is 18.7 Å². The molecule has 0 spiro atoms. The molecule has 4 rings (SSSR count). The number of benzene rings is 1. The van der Waals surface area contributed by atoms with Crippen molar-refractivity contribution in [2.45, 2.75) is 33.2 Å². The first-order valence-electron chi connectivity index (χ1n) is 10.6. The molecule has 1 atom stereocenters. The summed E-state index contributed by atoms with van der Waals surface area (Å²) >= 11 is 0. The molecule has 1 aromatic carbocycles. The molecule has 1 aromatic heterocycles. The van der Waals surface area contributed by atoms with Gasteiger partial charge in [0.05, 0.1) is 18.3 Å². The van der Waals surface area contributed by atoms with Gasteiger partial charge in [0.15, 0.2) is 5.82 Å². The van der Waals surface area contributed by atoms with Crippen LogP contribution >= 0.6 is 0 Å². The molecule has 1 N–H and O–H groups in total. The number of piperazine rings is 1. The molecule has 0 bridgehead atoms. The molecule has 2 aliphatic heterocycles. The molecule has 0 aliphatic carbocycles. The van der Waals surface area contributed by atoms with Crippen molar-refractivity contribution < 1.29 is 14.3 Å². The lowest BCUT2D eigenvalue weighted by molar-refractivity contribution is -0.136. The van der Waals surface area contributed by atoms with Crippen LogP contribution in [0.25, 0.3) is 11.4 Å². The van der Waals surface area contributed by atoms with Crippen LogP contribution in [0.15, 0.2) is 24.5 Å². The van der Waals surface area contributed by atoms with Crippen molar-refractivity contribution in [1.29, 1.82) is 0 Å². The van der Waals surface area contributed by atoms with Gasteiger partial charge in [-0.25, -0.2) is 9.67 Å². The number of hydrogen-bond donors (Lipinski definition) is 1. The van der Waals surface area contributed by atoms with Crippen LogP contribution in [-0.2, 0) is 16.6 Å². The number of rotatable bonds is 2. The molecule has 3 heterocycles. The normalized spacial score (nSPS) is 19.9. The number of carbonyl (C=O) groups is 2. The zero-order valence-electron chi connectivity index (χ0n) is 18.6. The number of fused-ring (bicyclic) bond motifs is 2. The number of aromatic nitrogens is 3. The van der Waals surface area contributed by atoms with E-state index in [0.717, 1.165) is 5.56 Å². The SMILES string of the molecule is Cn1ncnc1-c1ccc2c(c1)NC(=O)CN1CCN(C(=O)CC(C)(C)C)C[C@@H]1CO2. The number of nitrogens with zero attached hydrogens (tertiary/aromatic N) is 5. The first kappa shape index (κ1) is 21.3. The molecule has 2 amide bonds. The van der Waals surface area contributed by atoms with E-state index in [1.54, 1.807) is 4.68 Å². The van der Waals surface area contributed by atoms with Gasteiger partial charge in [0.25, 0.3) is 0 Å². The van der Waals surface area contributed by atoms with E-state index in [1.807, 2.05) is 30.1 Å². The predicted octanol–water partition coefficient (Wildman–Crippen LogP) is 1.76. The highest BCUT2D eigenvalue weighted by Crippen LogP contribution is 2.31. The van der Waals surface area contributed by atoms with Gasteiger partial charge in [-0.3, -0.25) is 14.5 Å². The molecule has 1 saturated heterocycles. The molecule has 0 saturated carbocycles. The van der Waals surface area contributed by atoms with Gasteiger partial charge >= 0.3 is 0 Å². The molecule has 166 valence electrons. The highest BCUT2D eigenvalue weighted by Gasteiger charge is 2.33. The smallest absolute Gasteiger partial charge is 0.238 e. The topological polar surface area (TPSA) is 92.6 Å². The molecule has 2 aromatic rings. The number of amides is 2. The minimum atomic E-state index is -0.0960. The number of nitrogens with one attached hydrogen (secondary N) is 1. The van der Waals surface area contributed by atoms with Crippen molar-refractivity contribution in [2.75, 3.05) is 38.1 Å². The fourth-order valence-electron chi connectivity index (χ4n) is 4.06. The summed E-state index contributed by atoms with van der Waals surface area (Å²) in [5.41, 5.74) is 1.41. The van der Waals surface area contributed by atoms with E-state index in [4.69, 9.17) is 4.74 Å². The summed E-state index contributed by atoms with van der Waals surface area (Å²) in [7, 11) is 1.82. The van der Waals surface area contributed by atoms with Crippen LogP contribution in [0.3, 0.4) is 0 Å². The summed E-state index contributed by atoms with van der Waals surface area (Å²) in [5, 5.41) is 7.09. The van der Waals surface area contributed by atoms with Crippen molar-refractivity contribution in [1.82, 2.24) is 24.6 Å². The van der Waals surface area contributed by atoms with E-state index in [0.29, 0.717) is 49.9 Å². The molecule has 31 heavy (non-hydrogen) atoms. The Balaban J connectivity index is 1.53. The summed E-state index contributed by atoms with van der Waals surface area (Å²) < 4.78 is 7.80. The second-order valence-corrected chi connectivity index (χ2v) is 9.48. The molecular weight excluding hydrogens is 396 g/mol. The fraction of sp³-hybridized carbons (Fsp3) is 0.545. The predicted molar refractivity (Wildman–Crippen MR) is 117 cm³/mol. The fourth-order valence-corrected chi connectivity index (χ4v) is 4.06. The van der Waals surface area contributed by atoms with Gasteiger partial charge in [0.2, 0.25) is 11.8 Å². The Labute approximate surface area is 182 Å². The Bertz CT molecular complexity index is 980. The Hall–Kier alpha value is -2.94. The van der Waals surface area contributed by atoms with E-state index in [9.17, 15) is 9.59 Å². The third-order valence-corrected chi connectivity index (χ3v) is 5.64. The highest BCUT2D eigenvalue weighted by atomic mass is 16.5. The quantitative estimate of drug-likeness (QED) is 0.787. The van der Waals surface area contributed by atoms with E-state index in [-0.39, 0.29) is 29.8 Å². The van der Waals surface area contributed by atoms with Crippen LogP contribution in [0.5, 0.6) is 5.75 Å². The Morgan fingerprint density at radius 2 is 2.10 bits per heavy atom. The number of hydrogen-bond acceptors (Lipinski definition) is 6. The second-order valence-electron chi connectivity index (χ2n) is 9.48. The molecule has 0 unspecified atom stereocenters. The Kier molecular flexibility index (Phi) is 5.70. The van der Waals surface area contributed by atoms with Crippen molar-refractivity contribution in [2.24, 2.45) is 12.5 Å². The van der Waals surface area contributed by atoms with Crippen LogP contribution in [-0.4, -0.2) is 75.2 Å². The van der Waals surface area contributed by atoms with Gasteiger partial charge in [-0.2, -0.15) is 5.10 Å². The molecule has 2 aliphatic rings. The Morgan fingerprint density at radius 1 is 1.29 bits per heavy atom. The first-order valence-corrected chi connectivity index (χ1v) is 10.6. The van der Waals surface area contributed by atoms with E-state index in [1.165, 1.54) is 6.33 Å². The molecule has 9 heteroatoms. The van der Waals surface area contributed by atoms with E-state index in [2.05, 4.69) is 41.1 Å². The van der Waals surface area contributed by atoms with Crippen molar-refractivity contribution in [3.05, 3.63) is 24.5 Å². The summed E-state index contributed by atoms with van der Waals surface area (Å²) in [4.78, 5) is 33.8. The maximum absolute atomic E-state index is 12.8. The third kappa shape index (κ3) is 4.87. The standard InChI is InChI=1S/C22H30N6O3/c1-22(2,3)10-20(30)28-8-7-27-12-19(29)25-17-9-15(21-23-14-24-26(21)4)5-6-18(17)31-13-16(27)11-28/h5-6,9,14,16H,7-8,10-13H2,1-4H3,(H,25,29)/t16-/m1/s1. The molecular formula is C22H30N6O3. The minimum absolute atomic E-state index is 0.0345. The van der Waals surface area contributed by atoms with E-state index >= 15 is 0 Å². The molecule has 9 nitrogen and oxygen atoms in total. The number of aryl methyl sites for hydroxylation is 1. The second kappa shape index (κ2) is 8.30. The third-order valence-electron chi connectivity index (χ3n) is 5.64. The van der Waals surface area contributed by atoms with Gasteiger partial charge in [-0.15, -0.1) is 0 Å². The number of anilines is 1. The van der Waals surface area contributed by atoms with Gasteiger partial charge in [-0.1, -0.05) is 20.8 Å². The lowest BCUT2D eigenvalue weighted by Gasteiger charge is -2.41. The van der Waals surface area contributed by atoms with Crippen molar-refractivity contribution in [3.63, 3.8) is 0 Å². The highest BCUT2D eigenvalue weighted by molar-refractivity contribution is 5.94. The molecule has 1 fully saturated rings. The van der Waals surface area contributed by atoms with Crippen molar-refractivity contribution in [3.8, 4) is 17.1 Å². The van der Waals surface area contributed by atoms with Gasteiger partial charge in [0, 0.05) is 38.7 Å². The zero-order valence-corrected chi connectivity index (χ0v) is 18.6. The van der Waals surface area contributed by atoms with Crippen LogP contribution in [0.4, 0.5) is 5.69 Å². The maximum Gasteiger partial charge on any atom is 0.238 e. The van der Waals surface area contributed by atoms with E-state index < -0.39 is 0 Å². The first-order chi connectivity index (χ1) is 14.7. The average Bonchev–Trinajstić information content (AvgIpc) is 3.13. The summed E-state index contributed by atoms with van der Waals surface area (Å²) in [6.45, 7) is 8.73. The number of ether oxygens (including phenoxy) is 1.